The SMILES string of the molecule is CCC(CC)(CNS(=O)(=O)CCC(=O)O)SC. The van der Waals surface area contributed by atoms with E-state index < -0.39 is 16.0 Å². The van der Waals surface area contributed by atoms with Gasteiger partial charge in [-0.05, 0) is 19.1 Å². The molecule has 0 unspecified atom stereocenters. The Morgan fingerprint density at radius 1 is 1.35 bits per heavy atom. The zero-order chi connectivity index (χ0) is 13.5. The van der Waals surface area contributed by atoms with Crippen molar-refractivity contribution in [3.63, 3.8) is 0 Å². The lowest BCUT2D eigenvalue weighted by molar-refractivity contribution is -0.136. The van der Waals surface area contributed by atoms with Crippen LogP contribution in [0.25, 0.3) is 0 Å². The molecule has 0 aliphatic carbocycles. The molecule has 0 rings (SSSR count). The van der Waals surface area contributed by atoms with E-state index in [-0.39, 0.29) is 16.9 Å². The third-order valence-corrected chi connectivity index (χ3v) is 5.83. The largest absolute Gasteiger partial charge is 0.481 e. The topological polar surface area (TPSA) is 83.5 Å². The van der Waals surface area contributed by atoms with E-state index in [0.29, 0.717) is 6.54 Å². The first-order valence-corrected chi connectivity index (χ1v) is 8.43. The minimum absolute atomic E-state index is 0.101. The van der Waals surface area contributed by atoms with E-state index in [1.54, 1.807) is 11.8 Å². The molecule has 17 heavy (non-hydrogen) atoms. The number of carboxylic acid groups (broad SMARTS) is 1. The molecule has 102 valence electrons. The molecule has 0 fully saturated rings. The van der Waals surface area contributed by atoms with Gasteiger partial charge >= 0.3 is 5.97 Å². The summed E-state index contributed by atoms with van der Waals surface area (Å²) in [4.78, 5) is 10.3. The van der Waals surface area contributed by atoms with Crippen LogP contribution in [0.4, 0.5) is 0 Å². The molecule has 0 radical (unpaired) electrons. The maximum Gasteiger partial charge on any atom is 0.304 e. The second-order valence-electron chi connectivity index (χ2n) is 3.88. The van der Waals surface area contributed by atoms with Crippen LogP contribution in [-0.2, 0) is 14.8 Å². The first-order chi connectivity index (χ1) is 7.81. The van der Waals surface area contributed by atoms with Crippen molar-refractivity contribution in [3.05, 3.63) is 0 Å². The molecule has 5 nitrogen and oxygen atoms in total. The normalized spacial score (nSPS) is 12.6. The molecule has 0 bridgehead atoms. The van der Waals surface area contributed by atoms with Crippen molar-refractivity contribution in [3.8, 4) is 0 Å². The second kappa shape index (κ2) is 7.23. The van der Waals surface area contributed by atoms with E-state index >= 15 is 0 Å². The highest BCUT2D eigenvalue weighted by atomic mass is 32.2. The summed E-state index contributed by atoms with van der Waals surface area (Å²) in [7, 11) is -3.48. The highest BCUT2D eigenvalue weighted by Gasteiger charge is 2.26. The van der Waals surface area contributed by atoms with Gasteiger partial charge in [-0.3, -0.25) is 4.79 Å². The summed E-state index contributed by atoms with van der Waals surface area (Å²) in [6, 6.07) is 0. The maximum absolute atomic E-state index is 11.5. The fourth-order valence-electron chi connectivity index (χ4n) is 1.40. The Hall–Kier alpha value is -0.270. The van der Waals surface area contributed by atoms with Gasteiger partial charge in [-0.2, -0.15) is 11.8 Å². The second-order valence-corrected chi connectivity index (χ2v) is 7.08. The molecular formula is C10H21NO4S2. The summed E-state index contributed by atoms with van der Waals surface area (Å²) >= 11 is 1.64. The van der Waals surface area contributed by atoms with Gasteiger partial charge in [0.05, 0.1) is 12.2 Å². The van der Waals surface area contributed by atoms with Gasteiger partial charge < -0.3 is 5.11 Å². The quantitative estimate of drug-likeness (QED) is 0.666. The van der Waals surface area contributed by atoms with Crippen LogP contribution >= 0.6 is 11.8 Å². The smallest absolute Gasteiger partial charge is 0.304 e. The molecule has 7 heteroatoms. The number of hydrogen-bond acceptors (Lipinski definition) is 4. The summed E-state index contributed by atoms with van der Waals surface area (Å²) in [5.41, 5.74) is 0. The highest BCUT2D eigenvalue weighted by molar-refractivity contribution is 8.00. The Labute approximate surface area is 107 Å². The maximum atomic E-state index is 11.5. The number of sulfonamides is 1. The van der Waals surface area contributed by atoms with Crippen LogP contribution < -0.4 is 4.72 Å². The van der Waals surface area contributed by atoms with E-state index in [0.717, 1.165) is 12.8 Å². The molecule has 0 amide bonds. The number of rotatable bonds is 9. The minimum atomic E-state index is -3.48. The van der Waals surface area contributed by atoms with Crippen molar-refractivity contribution in [1.82, 2.24) is 4.72 Å². The zero-order valence-corrected chi connectivity index (χ0v) is 12.2. The third-order valence-electron chi connectivity index (χ3n) is 2.92. The Bertz CT molecular complexity index is 328. The first kappa shape index (κ1) is 16.7. The van der Waals surface area contributed by atoms with E-state index in [4.69, 9.17) is 5.11 Å². The summed E-state index contributed by atoms with van der Waals surface area (Å²) in [6.07, 6.45) is 3.33. The average Bonchev–Trinajstić information content (AvgIpc) is 2.29. The molecule has 0 heterocycles. The Morgan fingerprint density at radius 3 is 2.24 bits per heavy atom. The number of hydrogen-bond donors (Lipinski definition) is 2. The predicted molar refractivity (Wildman–Crippen MR) is 70.9 cm³/mol. The number of aliphatic carboxylic acids is 1. The molecule has 0 aromatic rings. The number of thioether (sulfide) groups is 1. The van der Waals surface area contributed by atoms with Crippen molar-refractivity contribution in [2.75, 3.05) is 18.6 Å². The number of carbonyl (C=O) groups is 1. The van der Waals surface area contributed by atoms with Crippen LogP contribution in [-0.4, -0.2) is 42.8 Å². The van der Waals surface area contributed by atoms with Crippen molar-refractivity contribution in [2.24, 2.45) is 0 Å². The van der Waals surface area contributed by atoms with Gasteiger partial charge in [-0.15, -0.1) is 0 Å². The van der Waals surface area contributed by atoms with E-state index in [1.165, 1.54) is 0 Å². The van der Waals surface area contributed by atoms with Gasteiger partial charge in [-0.1, -0.05) is 13.8 Å². The number of carboxylic acids is 1. The lowest BCUT2D eigenvalue weighted by Crippen LogP contribution is -2.40. The monoisotopic (exact) mass is 283 g/mol. The van der Waals surface area contributed by atoms with Crippen LogP contribution in [0, 0.1) is 0 Å². The summed E-state index contributed by atoms with van der Waals surface area (Å²) in [5, 5.41) is 8.45. The molecule has 0 saturated heterocycles. The van der Waals surface area contributed by atoms with E-state index in [9.17, 15) is 13.2 Å². The van der Waals surface area contributed by atoms with Crippen LogP contribution in [0.5, 0.6) is 0 Å². The van der Waals surface area contributed by atoms with Crippen LogP contribution in [0.1, 0.15) is 33.1 Å². The lowest BCUT2D eigenvalue weighted by Gasteiger charge is -2.29. The molecule has 0 saturated carbocycles. The van der Waals surface area contributed by atoms with Gasteiger partial charge in [0.15, 0.2) is 0 Å². The molecule has 2 N–H and O–H groups in total. The van der Waals surface area contributed by atoms with Gasteiger partial charge in [0.25, 0.3) is 0 Å². The molecule has 0 aromatic carbocycles. The standard InChI is InChI=1S/C10H21NO4S2/c1-4-10(5-2,16-3)8-11-17(14,15)7-6-9(12)13/h11H,4-8H2,1-3H3,(H,12,13). The first-order valence-electron chi connectivity index (χ1n) is 5.55. The summed E-state index contributed by atoms with van der Waals surface area (Å²) in [5.74, 6) is -1.46. The molecule has 0 atom stereocenters. The number of nitrogens with one attached hydrogen (secondary N) is 1. The van der Waals surface area contributed by atoms with Crippen LogP contribution in [0.3, 0.4) is 0 Å². The fourth-order valence-corrected chi connectivity index (χ4v) is 3.37. The summed E-state index contributed by atoms with van der Waals surface area (Å²) < 4.78 is 25.5. The van der Waals surface area contributed by atoms with Crippen LogP contribution in [0.15, 0.2) is 0 Å². The van der Waals surface area contributed by atoms with Gasteiger partial charge in [0.2, 0.25) is 10.0 Å². The molecule has 0 aliphatic rings. The highest BCUT2D eigenvalue weighted by Crippen LogP contribution is 2.29. The van der Waals surface area contributed by atoms with Crippen molar-refractivity contribution in [2.45, 2.75) is 37.9 Å². The van der Waals surface area contributed by atoms with E-state index in [2.05, 4.69) is 4.72 Å². The van der Waals surface area contributed by atoms with Gasteiger partial charge in [-0.25, -0.2) is 13.1 Å². The molecule has 0 aliphatic heterocycles. The van der Waals surface area contributed by atoms with Crippen molar-refractivity contribution >= 4 is 27.8 Å². The zero-order valence-electron chi connectivity index (χ0n) is 10.5. The lowest BCUT2D eigenvalue weighted by atomic mass is 10.0. The van der Waals surface area contributed by atoms with Gasteiger partial charge in [0.1, 0.15) is 0 Å². The molecular weight excluding hydrogens is 262 g/mol. The summed E-state index contributed by atoms with van der Waals surface area (Å²) in [6.45, 7) is 4.39. The Balaban J connectivity index is 4.38. The predicted octanol–water partition coefficient (Wildman–Crippen LogP) is 1.30. The fraction of sp³-hybridized carbons (Fsp3) is 0.900. The molecule has 0 aromatic heterocycles. The van der Waals surface area contributed by atoms with E-state index in [1.807, 2.05) is 20.1 Å². The van der Waals surface area contributed by atoms with Gasteiger partial charge in [0, 0.05) is 11.3 Å². The molecule has 0 spiro atoms. The van der Waals surface area contributed by atoms with Crippen molar-refractivity contribution < 1.29 is 18.3 Å². The van der Waals surface area contributed by atoms with Crippen molar-refractivity contribution in [1.29, 1.82) is 0 Å². The average molecular weight is 283 g/mol. The minimum Gasteiger partial charge on any atom is -0.481 e. The Morgan fingerprint density at radius 2 is 1.88 bits per heavy atom. The third kappa shape index (κ3) is 6.28. The van der Waals surface area contributed by atoms with Crippen LogP contribution in [0.2, 0.25) is 0 Å². The Kier molecular flexibility index (Phi) is 7.11.